The second-order valence-corrected chi connectivity index (χ2v) is 10.0. The van der Waals surface area contributed by atoms with Crippen LogP contribution in [0.15, 0.2) is 47.4 Å². The highest BCUT2D eigenvalue weighted by Crippen LogP contribution is 2.31. The molecule has 0 aromatic heterocycles. The average Bonchev–Trinajstić information content (AvgIpc) is 2.84. The third-order valence-corrected chi connectivity index (χ3v) is 8.01. The molecule has 1 aliphatic rings. The summed E-state index contributed by atoms with van der Waals surface area (Å²) in [4.78, 5) is 16.8. The average molecular weight is 496 g/mol. The van der Waals surface area contributed by atoms with E-state index in [1.807, 2.05) is 36.1 Å². The van der Waals surface area contributed by atoms with Crippen LogP contribution in [0.2, 0.25) is 5.02 Å². The summed E-state index contributed by atoms with van der Waals surface area (Å²) in [5, 5.41) is 0.678. The number of hydrogen-bond donors (Lipinski definition) is 0. The van der Waals surface area contributed by atoms with Crippen molar-refractivity contribution in [2.45, 2.75) is 18.4 Å². The van der Waals surface area contributed by atoms with Gasteiger partial charge in [0, 0.05) is 43.8 Å². The Balaban J connectivity index is 1.60. The molecule has 0 N–H and O–H groups in total. The van der Waals surface area contributed by atoms with E-state index in [0.29, 0.717) is 42.7 Å². The molecule has 2 aromatic carbocycles. The molecule has 180 valence electrons. The third kappa shape index (κ3) is 5.97. The number of sulfonamides is 1. The van der Waals surface area contributed by atoms with E-state index in [4.69, 9.17) is 21.1 Å². The van der Waals surface area contributed by atoms with Gasteiger partial charge in [0.1, 0.15) is 0 Å². The summed E-state index contributed by atoms with van der Waals surface area (Å²) in [7, 11) is -0.748. The van der Waals surface area contributed by atoms with Gasteiger partial charge in [0.25, 0.3) is 0 Å². The van der Waals surface area contributed by atoms with Crippen LogP contribution in [0.4, 0.5) is 0 Å². The van der Waals surface area contributed by atoms with Crippen molar-refractivity contribution in [3.63, 3.8) is 0 Å². The zero-order valence-corrected chi connectivity index (χ0v) is 20.7. The van der Waals surface area contributed by atoms with Gasteiger partial charge in [0.05, 0.1) is 25.7 Å². The third-order valence-electron chi connectivity index (χ3n) is 5.74. The highest BCUT2D eigenvalue weighted by Gasteiger charge is 2.31. The van der Waals surface area contributed by atoms with E-state index in [2.05, 4.69) is 0 Å². The van der Waals surface area contributed by atoms with Gasteiger partial charge in [0.2, 0.25) is 15.9 Å². The zero-order valence-electron chi connectivity index (χ0n) is 19.2. The van der Waals surface area contributed by atoms with E-state index < -0.39 is 10.0 Å². The van der Waals surface area contributed by atoms with Gasteiger partial charge in [-0.2, -0.15) is 4.31 Å². The van der Waals surface area contributed by atoms with E-state index in [9.17, 15) is 13.2 Å². The first-order valence-corrected chi connectivity index (χ1v) is 12.6. The smallest absolute Gasteiger partial charge is 0.243 e. The Kier molecular flexibility index (Phi) is 8.58. The molecule has 0 aliphatic carbocycles. The number of piperazine rings is 1. The van der Waals surface area contributed by atoms with Crippen LogP contribution in [-0.2, 0) is 21.4 Å². The Hall–Kier alpha value is -2.33. The Bertz CT molecular complexity index is 1070. The zero-order chi connectivity index (χ0) is 24.0. The number of carbonyl (C=O) groups excluding carboxylic acids is 1. The standard InChI is InChI=1S/C23H30ClN3O5S/c1-4-25(16-18-7-5-6-8-20(18)24)17-23(28)26-11-13-27(14-12-26)33(29,30)19-9-10-21(31-2)22(15-19)32-3/h5-10,15H,4,11-14,16-17H2,1-3H3. The topological polar surface area (TPSA) is 79.4 Å². The molecule has 0 spiro atoms. The first-order chi connectivity index (χ1) is 15.8. The summed E-state index contributed by atoms with van der Waals surface area (Å²) in [6, 6.07) is 12.1. The fourth-order valence-electron chi connectivity index (χ4n) is 3.74. The molecule has 8 nitrogen and oxygen atoms in total. The Morgan fingerprint density at radius 3 is 2.30 bits per heavy atom. The number of amides is 1. The minimum Gasteiger partial charge on any atom is -0.493 e. The van der Waals surface area contributed by atoms with Crippen LogP contribution in [0.3, 0.4) is 0 Å². The predicted octanol–water partition coefficient (Wildman–Crippen LogP) is 2.71. The fraction of sp³-hybridized carbons (Fsp3) is 0.435. The van der Waals surface area contributed by atoms with E-state index in [-0.39, 0.29) is 30.4 Å². The number of nitrogens with zero attached hydrogens (tertiary/aromatic N) is 3. The van der Waals surface area contributed by atoms with Crippen molar-refractivity contribution >= 4 is 27.5 Å². The number of hydrogen-bond acceptors (Lipinski definition) is 6. The van der Waals surface area contributed by atoms with Gasteiger partial charge in [-0.3, -0.25) is 9.69 Å². The lowest BCUT2D eigenvalue weighted by molar-refractivity contribution is -0.133. The maximum Gasteiger partial charge on any atom is 0.243 e. The molecule has 10 heteroatoms. The van der Waals surface area contributed by atoms with E-state index in [0.717, 1.165) is 5.56 Å². The second kappa shape index (κ2) is 11.2. The van der Waals surface area contributed by atoms with E-state index >= 15 is 0 Å². The second-order valence-electron chi connectivity index (χ2n) is 7.70. The van der Waals surface area contributed by atoms with Crippen LogP contribution in [0.5, 0.6) is 11.5 Å². The minimum absolute atomic E-state index is 0.0212. The van der Waals surface area contributed by atoms with Crippen molar-refractivity contribution in [3.8, 4) is 11.5 Å². The first-order valence-electron chi connectivity index (χ1n) is 10.8. The molecule has 0 radical (unpaired) electrons. The summed E-state index contributed by atoms with van der Waals surface area (Å²) in [6.45, 7) is 4.68. The van der Waals surface area contributed by atoms with Crippen molar-refractivity contribution in [1.29, 1.82) is 0 Å². The summed E-state index contributed by atoms with van der Waals surface area (Å²) in [6.07, 6.45) is 0. The summed E-state index contributed by atoms with van der Waals surface area (Å²) in [5.74, 6) is 0.793. The van der Waals surface area contributed by atoms with Gasteiger partial charge in [-0.25, -0.2) is 8.42 Å². The SMILES string of the molecule is CCN(CC(=O)N1CCN(S(=O)(=O)c2ccc(OC)c(OC)c2)CC1)Cc1ccccc1Cl. The highest BCUT2D eigenvalue weighted by molar-refractivity contribution is 7.89. The fourth-order valence-corrected chi connectivity index (χ4v) is 5.38. The minimum atomic E-state index is -3.71. The van der Waals surface area contributed by atoms with Gasteiger partial charge in [0.15, 0.2) is 11.5 Å². The van der Waals surface area contributed by atoms with Gasteiger partial charge in [-0.1, -0.05) is 36.7 Å². The van der Waals surface area contributed by atoms with Crippen molar-refractivity contribution < 1.29 is 22.7 Å². The molecule has 0 unspecified atom stereocenters. The molecule has 0 bridgehead atoms. The highest BCUT2D eigenvalue weighted by atomic mass is 35.5. The normalized spacial score (nSPS) is 15.0. The first kappa shape index (κ1) is 25.3. The van der Waals surface area contributed by atoms with Gasteiger partial charge >= 0.3 is 0 Å². The number of methoxy groups -OCH3 is 2. The Morgan fingerprint density at radius 1 is 1.03 bits per heavy atom. The quantitative estimate of drug-likeness (QED) is 0.532. The summed E-state index contributed by atoms with van der Waals surface area (Å²) < 4.78 is 38.0. The lowest BCUT2D eigenvalue weighted by Gasteiger charge is -2.35. The number of benzene rings is 2. The van der Waals surface area contributed by atoms with Crippen LogP contribution >= 0.6 is 11.6 Å². The van der Waals surface area contributed by atoms with Crippen LogP contribution in [0.25, 0.3) is 0 Å². The van der Waals surface area contributed by atoms with Crippen LogP contribution in [0, 0.1) is 0 Å². The Labute approximate surface area is 200 Å². The monoisotopic (exact) mass is 495 g/mol. The van der Waals surface area contributed by atoms with Crippen molar-refractivity contribution in [2.24, 2.45) is 0 Å². The Morgan fingerprint density at radius 2 is 1.70 bits per heavy atom. The number of rotatable bonds is 9. The molecule has 0 saturated carbocycles. The lowest BCUT2D eigenvalue weighted by Crippen LogP contribution is -2.52. The largest absolute Gasteiger partial charge is 0.493 e. The van der Waals surface area contributed by atoms with Crippen LogP contribution in [-0.4, -0.2) is 81.9 Å². The van der Waals surface area contributed by atoms with Gasteiger partial charge < -0.3 is 14.4 Å². The van der Waals surface area contributed by atoms with Crippen molar-refractivity contribution in [1.82, 2.24) is 14.1 Å². The van der Waals surface area contributed by atoms with Crippen LogP contribution < -0.4 is 9.47 Å². The number of likely N-dealkylation sites (N-methyl/N-ethyl adjacent to an activating group) is 1. The number of halogens is 1. The molecular weight excluding hydrogens is 466 g/mol. The molecule has 0 atom stereocenters. The molecule has 1 amide bonds. The van der Waals surface area contributed by atoms with Crippen molar-refractivity contribution in [3.05, 3.63) is 53.1 Å². The molecule has 1 aliphatic heterocycles. The maximum absolute atomic E-state index is 13.1. The number of ether oxygens (including phenoxy) is 2. The number of carbonyl (C=O) groups is 1. The van der Waals surface area contributed by atoms with Crippen molar-refractivity contribution in [2.75, 3.05) is 53.5 Å². The van der Waals surface area contributed by atoms with E-state index in [1.54, 1.807) is 11.0 Å². The van der Waals surface area contributed by atoms with Gasteiger partial charge in [-0.05, 0) is 30.3 Å². The molecule has 1 saturated heterocycles. The summed E-state index contributed by atoms with van der Waals surface area (Å²) >= 11 is 6.26. The molecule has 3 rings (SSSR count). The predicted molar refractivity (Wildman–Crippen MR) is 127 cm³/mol. The lowest BCUT2D eigenvalue weighted by atomic mass is 10.2. The maximum atomic E-state index is 13.1. The van der Waals surface area contributed by atoms with Gasteiger partial charge in [-0.15, -0.1) is 0 Å². The molecule has 1 heterocycles. The van der Waals surface area contributed by atoms with E-state index in [1.165, 1.54) is 30.7 Å². The van der Waals surface area contributed by atoms with Crippen LogP contribution in [0.1, 0.15) is 12.5 Å². The molecular formula is C23H30ClN3O5S. The molecule has 1 fully saturated rings. The summed E-state index contributed by atoms with van der Waals surface area (Å²) in [5.41, 5.74) is 0.972. The molecule has 33 heavy (non-hydrogen) atoms. The molecule has 2 aromatic rings.